The summed E-state index contributed by atoms with van der Waals surface area (Å²) in [4.78, 5) is 12.6. The highest BCUT2D eigenvalue weighted by molar-refractivity contribution is 5.94. The third-order valence-corrected chi connectivity index (χ3v) is 3.88. The second kappa shape index (κ2) is 7.79. The Hall–Kier alpha value is -2.60. The van der Waals surface area contributed by atoms with Crippen LogP contribution in [0.5, 0.6) is 0 Å². The van der Waals surface area contributed by atoms with Crippen LogP contribution in [0.15, 0.2) is 60.7 Å². The van der Waals surface area contributed by atoms with Gasteiger partial charge in [0.05, 0.1) is 12.0 Å². The molecule has 3 heteroatoms. The first-order valence-electron chi connectivity index (χ1n) is 8.21. The zero-order valence-corrected chi connectivity index (χ0v) is 14.5. The zero-order valence-electron chi connectivity index (χ0n) is 14.5. The summed E-state index contributed by atoms with van der Waals surface area (Å²) in [6.07, 6.45) is 0.721. The van der Waals surface area contributed by atoms with Crippen molar-refractivity contribution in [3.05, 3.63) is 71.8 Å². The molecule has 0 aliphatic heterocycles. The molecule has 0 aliphatic carbocycles. The minimum Gasteiger partial charge on any atom is -0.348 e. The molecule has 0 aromatic heterocycles. The van der Waals surface area contributed by atoms with Gasteiger partial charge in [-0.05, 0) is 29.5 Å². The summed E-state index contributed by atoms with van der Waals surface area (Å²) in [5, 5.41) is 12.8. The van der Waals surface area contributed by atoms with Gasteiger partial charge in [0.1, 0.15) is 0 Å². The van der Waals surface area contributed by atoms with Gasteiger partial charge in [-0.25, -0.2) is 0 Å². The molecule has 24 heavy (non-hydrogen) atoms. The highest BCUT2D eigenvalue weighted by Gasteiger charge is 2.29. The molecule has 2 rings (SSSR count). The van der Waals surface area contributed by atoms with Crippen LogP contribution in [0.2, 0.25) is 0 Å². The van der Waals surface area contributed by atoms with Crippen molar-refractivity contribution >= 4 is 5.91 Å². The Balaban J connectivity index is 2.27. The van der Waals surface area contributed by atoms with Crippen LogP contribution in [0.25, 0.3) is 0 Å². The lowest BCUT2D eigenvalue weighted by Crippen LogP contribution is -2.41. The molecule has 0 heterocycles. The maximum atomic E-state index is 12.6. The summed E-state index contributed by atoms with van der Waals surface area (Å²) >= 11 is 0. The predicted molar refractivity (Wildman–Crippen MR) is 96.6 cm³/mol. The number of carbonyl (C=O) groups is 1. The van der Waals surface area contributed by atoms with Crippen LogP contribution in [0.4, 0.5) is 0 Å². The SMILES string of the molecule is CC(C)(C)CC(NC(=O)c1ccccc1)C(C#N)c1ccccc1. The van der Waals surface area contributed by atoms with Gasteiger partial charge in [0, 0.05) is 11.6 Å². The number of nitrogens with zero attached hydrogens (tertiary/aromatic N) is 1. The minimum absolute atomic E-state index is 0.00147. The molecule has 0 radical (unpaired) electrons. The topological polar surface area (TPSA) is 52.9 Å². The molecular weight excluding hydrogens is 296 g/mol. The fourth-order valence-electron chi connectivity index (χ4n) is 2.81. The second-order valence-electron chi connectivity index (χ2n) is 7.23. The van der Waals surface area contributed by atoms with E-state index in [1.807, 2.05) is 48.5 Å². The van der Waals surface area contributed by atoms with Crippen LogP contribution in [-0.4, -0.2) is 11.9 Å². The molecule has 124 valence electrons. The summed E-state index contributed by atoms with van der Waals surface area (Å²) in [5.74, 6) is -0.515. The van der Waals surface area contributed by atoms with E-state index in [9.17, 15) is 10.1 Å². The quantitative estimate of drug-likeness (QED) is 0.880. The van der Waals surface area contributed by atoms with E-state index in [1.165, 1.54) is 0 Å². The maximum Gasteiger partial charge on any atom is 0.251 e. The lowest BCUT2D eigenvalue weighted by molar-refractivity contribution is 0.0923. The van der Waals surface area contributed by atoms with Crippen molar-refractivity contribution in [2.75, 3.05) is 0 Å². The van der Waals surface area contributed by atoms with Gasteiger partial charge >= 0.3 is 0 Å². The Morgan fingerprint density at radius 2 is 1.58 bits per heavy atom. The first-order chi connectivity index (χ1) is 11.4. The van der Waals surface area contributed by atoms with E-state index in [1.54, 1.807) is 12.1 Å². The fraction of sp³-hybridized carbons (Fsp3) is 0.333. The van der Waals surface area contributed by atoms with Gasteiger partial charge in [-0.3, -0.25) is 4.79 Å². The minimum atomic E-state index is -0.377. The van der Waals surface area contributed by atoms with Crippen molar-refractivity contribution in [1.29, 1.82) is 5.26 Å². The average molecular weight is 320 g/mol. The monoisotopic (exact) mass is 320 g/mol. The van der Waals surface area contributed by atoms with Gasteiger partial charge in [-0.1, -0.05) is 69.3 Å². The largest absolute Gasteiger partial charge is 0.348 e. The number of amides is 1. The summed E-state index contributed by atoms with van der Waals surface area (Å²) in [6, 6.07) is 20.9. The van der Waals surface area contributed by atoms with Crippen LogP contribution in [0, 0.1) is 16.7 Å². The molecular formula is C21H24N2O. The van der Waals surface area contributed by atoms with Gasteiger partial charge in [0.25, 0.3) is 5.91 Å². The van der Waals surface area contributed by atoms with Crippen molar-refractivity contribution in [2.24, 2.45) is 5.41 Å². The lowest BCUT2D eigenvalue weighted by atomic mass is 9.81. The van der Waals surface area contributed by atoms with Crippen molar-refractivity contribution in [2.45, 2.75) is 39.2 Å². The van der Waals surface area contributed by atoms with E-state index in [4.69, 9.17) is 0 Å². The van der Waals surface area contributed by atoms with E-state index >= 15 is 0 Å². The molecule has 0 fully saturated rings. The van der Waals surface area contributed by atoms with Gasteiger partial charge in [0.15, 0.2) is 0 Å². The Morgan fingerprint density at radius 3 is 2.08 bits per heavy atom. The standard InChI is InChI=1S/C21H24N2O/c1-21(2,3)14-19(18(15-22)16-10-6-4-7-11-16)23-20(24)17-12-8-5-9-13-17/h4-13,18-19H,14H2,1-3H3,(H,23,24). The molecule has 1 N–H and O–H groups in total. The van der Waals surface area contributed by atoms with E-state index in [0.29, 0.717) is 5.56 Å². The highest BCUT2D eigenvalue weighted by Crippen LogP contribution is 2.29. The Bertz CT molecular complexity index is 696. The Labute approximate surface area is 144 Å². The van der Waals surface area contributed by atoms with Gasteiger partial charge in [-0.2, -0.15) is 5.26 Å². The van der Waals surface area contributed by atoms with Gasteiger partial charge < -0.3 is 5.32 Å². The van der Waals surface area contributed by atoms with Gasteiger partial charge in [-0.15, -0.1) is 0 Å². The number of benzene rings is 2. The van der Waals surface area contributed by atoms with E-state index in [0.717, 1.165) is 12.0 Å². The van der Waals surface area contributed by atoms with E-state index in [-0.39, 0.29) is 23.3 Å². The summed E-state index contributed by atoms with van der Waals surface area (Å²) < 4.78 is 0. The van der Waals surface area contributed by atoms with Crippen molar-refractivity contribution < 1.29 is 4.79 Å². The number of nitriles is 1. The zero-order chi connectivity index (χ0) is 17.6. The number of hydrogen-bond donors (Lipinski definition) is 1. The molecule has 2 unspecified atom stereocenters. The van der Waals surface area contributed by atoms with E-state index < -0.39 is 0 Å². The van der Waals surface area contributed by atoms with Crippen LogP contribution < -0.4 is 5.32 Å². The maximum absolute atomic E-state index is 12.6. The number of rotatable bonds is 5. The normalized spacial score (nSPS) is 13.6. The molecule has 0 aliphatic rings. The average Bonchev–Trinajstić information content (AvgIpc) is 2.56. The number of hydrogen-bond acceptors (Lipinski definition) is 2. The third-order valence-electron chi connectivity index (χ3n) is 3.88. The first-order valence-corrected chi connectivity index (χ1v) is 8.21. The van der Waals surface area contributed by atoms with Crippen molar-refractivity contribution in [3.8, 4) is 6.07 Å². The van der Waals surface area contributed by atoms with Crippen LogP contribution in [0.3, 0.4) is 0 Å². The summed E-state index contributed by atoms with van der Waals surface area (Å²) in [6.45, 7) is 6.36. The first kappa shape index (κ1) is 17.7. The highest BCUT2D eigenvalue weighted by atomic mass is 16.1. The lowest BCUT2D eigenvalue weighted by Gasteiger charge is -2.30. The van der Waals surface area contributed by atoms with Crippen LogP contribution in [0.1, 0.15) is 49.0 Å². The molecule has 2 aromatic rings. The summed E-state index contributed by atoms with van der Waals surface area (Å²) in [5.41, 5.74) is 1.54. The van der Waals surface area contributed by atoms with Crippen molar-refractivity contribution in [1.82, 2.24) is 5.32 Å². The predicted octanol–water partition coefficient (Wildman–Crippen LogP) is 4.53. The van der Waals surface area contributed by atoms with E-state index in [2.05, 4.69) is 32.2 Å². The Morgan fingerprint density at radius 1 is 1.04 bits per heavy atom. The molecule has 0 saturated heterocycles. The van der Waals surface area contributed by atoms with Crippen LogP contribution >= 0.6 is 0 Å². The molecule has 0 bridgehead atoms. The van der Waals surface area contributed by atoms with Crippen LogP contribution in [-0.2, 0) is 0 Å². The molecule has 0 saturated carbocycles. The molecule has 1 amide bonds. The molecule has 0 spiro atoms. The van der Waals surface area contributed by atoms with Gasteiger partial charge in [0.2, 0.25) is 0 Å². The Kier molecular flexibility index (Phi) is 5.76. The third kappa shape index (κ3) is 4.96. The molecule has 2 aromatic carbocycles. The second-order valence-corrected chi connectivity index (χ2v) is 7.23. The molecule has 3 nitrogen and oxygen atoms in total. The number of nitrogens with one attached hydrogen (secondary N) is 1. The fourth-order valence-corrected chi connectivity index (χ4v) is 2.81. The number of carbonyl (C=O) groups excluding carboxylic acids is 1. The smallest absolute Gasteiger partial charge is 0.251 e. The summed E-state index contributed by atoms with van der Waals surface area (Å²) in [7, 11) is 0. The molecule has 2 atom stereocenters. The van der Waals surface area contributed by atoms with Crippen molar-refractivity contribution in [3.63, 3.8) is 0 Å².